The van der Waals surface area contributed by atoms with E-state index in [0.717, 1.165) is 31.5 Å². The summed E-state index contributed by atoms with van der Waals surface area (Å²) in [6, 6.07) is 7.80. The fourth-order valence-electron chi connectivity index (χ4n) is 3.71. The van der Waals surface area contributed by atoms with Crippen LogP contribution >= 0.6 is 0 Å². The van der Waals surface area contributed by atoms with Crippen molar-refractivity contribution in [2.45, 2.75) is 43.5 Å². The molecule has 2 N–H and O–H groups in total. The van der Waals surface area contributed by atoms with Gasteiger partial charge in [0.2, 0.25) is 10.0 Å². The molecule has 9 heteroatoms. The van der Waals surface area contributed by atoms with Crippen LogP contribution in [-0.4, -0.2) is 46.6 Å². The fourth-order valence-corrected chi connectivity index (χ4v) is 5.28. The molecule has 168 valence electrons. The predicted molar refractivity (Wildman–Crippen MR) is 121 cm³/mol. The van der Waals surface area contributed by atoms with Crippen molar-refractivity contribution < 1.29 is 17.9 Å². The lowest BCUT2D eigenvalue weighted by Gasteiger charge is -2.29. The number of nitrogens with zero attached hydrogens (tertiary/aromatic N) is 2. The second-order valence-electron chi connectivity index (χ2n) is 8.11. The lowest BCUT2D eigenvalue weighted by Crippen LogP contribution is -2.41. The minimum atomic E-state index is -3.85. The van der Waals surface area contributed by atoms with Crippen molar-refractivity contribution in [3.8, 4) is 5.75 Å². The summed E-state index contributed by atoms with van der Waals surface area (Å²) in [6.07, 6.45) is 5.47. The standard InChI is InChI=1S/C22H30N4O4S/c1-15-7-5-6-8-18(15)25-31(28,29)20-13-16(9-11-19(20)30-4)22(27)24-17-10-12-21(23-14-17)26(2)3/h9-15,18,25H,5-8H2,1-4H3,(H,24,27)/t15-,18+/m1/s1. The van der Waals surface area contributed by atoms with E-state index in [1.54, 1.807) is 18.3 Å². The van der Waals surface area contributed by atoms with E-state index >= 15 is 0 Å². The van der Waals surface area contributed by atoms with Gasteiger partial charge in [0, 0.05) is 25.7 Å². The minimum Gasteiger partial charge on any atom is -0.495 e. The first-order chi connectivity index (χ1) is 14.7. The Labute approximate surface area is 184 Å². The van der Waals surface area contributed by atoms with Crippen LogP contribution < -0.4 is 19.7 Å². The molecule has 1 aromatic heterocycles. The number of rotatable bonds is 7. The molecule has 8 nitrogen and oxygen atoms in total. The highest BCUT2D eigenvalue weighted by molar-refractivity contribution is 7.89. The number of nitrogens with one attached hydrogen (secondary N) is 2. The van der Waals surface area contributed by atoms with E-state index < -0.39 is 15.9 Å². The Hall–Kier alpha value is -2.65. The SMILES string of the molecule is COc1ccc(C(=O)Nc2ccc(N(C)C)nc2)cc1S(=O)(=O)N[C@H]1CCCC[C@H]1C. The maximum Gasteiger partial charge on any atom is 0.255 e. The highest BCUT2D eigenvalue weighted by Crippen LogP contribution is 2.29. The smallest absolute Gasteiger partial charge is 0.255 e. The van der Waals surface area contributed by atoms with Gasteiger partial charge < -0.3 is 15.0 Å². The van der Waals surface area contributed by atoms with Gasteiger partial charge >= 0.3 is 0 Å². The Bertz CT molecular complexity index is 1020. The monoisotopic (exact) mass is 446 g/mol. The fraction of sp³-hybridized carbons (Fsp3) is 0.455. The summed E-state index contributed by atoms with van der Waals surface area (Å²) in [6.45, 7) is 2.06. The highest BCUT2D eigenvalue weighted by atomic mass is 32.2. The molecule has 0 unspecified atom stereocenters. The average molecular weight is 447 g/mol. The van der Waals surface area contributed by atoms with Crippen LogP contribution in [-0.2, 0) is 10.0 Å². The first-order valence-corrected chi connectivity index (χ1v) is 11.8. The lowest BCUT2D eigenvalue weighted by atomic mass is 9.87. The van der Waals surface area contributed by atoms with E-state index in [1.165, 1.54) is 25.3 Å². The average Bonchev–Trinajstić information content (AvgIpc) is 2.75. The van der Waals surface area contributed by atoms with Crippen molar-refractivity contribution in [3.05, 3.63) is 42.1 Å². The number of aromatic nitrogens is 1. The van der Waals surface area contributed by atoms with Gasteiger partial charge in [-0.15, -0.1) is 0 Å². The van der Waals surface area contributed by atoms with E-state index in [1.807, 2.05) is 19.0 Å². The molecule has 2 atom stereocenters. The molecule has 1 aliphatic rings. The third-order valence-electron chi connectivity index (χ3n) is 5.60. The molecule has 0 radical (unpaired) electrons. The minimum absolute atomic E-state index is 0.0403. The zero-order valence-electron chi connectivity index (χ0n) is 18.4. The lowest BCUT2D eigenvalue weighted by molar-refractivity contribution is 0.102. The normalized spacial score (nSPS) is 19.0. The maximum absolute atomic E-state index is 13.1. The van der Waals surface area contributed by atoms with Gasteiger partial charge in [0.1, 0.15) is 16.5 Å². The number of hydrogen-bond donors (Lipinski definition) is 2. The molecule has 1 saturated carbocycles. The summed E-state index contributed by atoms with van der Waals surface area (Å²) in [5, 5.41) is 2.75. The molecule has 0 spiro atoms. The number of ether oxygens (including phenoxy) is 1. The van der Waals surface area contributed by atoms with E-state index in [9.17, 15) is 13.2 Å². The van der Waals surface area contributed by atoms with Crippen molar-refractivity contribution in [2.24, 2.45) is 5.92 Å². The number of anilines is 2. The third kappa shape index (κ3) is 5.54. The van der Waals surface area contributed by atoms with Gasteiger partial charge in [0.25, 0.3) is 5.91 Å². The Kier molecular flexibility index (Phi) is 7.17. The van der Waals surface area contributed by atoms with Crippen molar-refractivity contribution in [3.63, 3.8) is 0 Å². The van der Waals surface area contributed by atoms with Gasteiger partial charge in [-0.05, 0) is 49.1 Å². The molecule has 1 amide bonds. The van der Waals surface area contributed by atoms with Gasteiger partial charge in [-0.1, -0.05) is 19.8 Å². The molecule has 3 rings (SSSR count). The van der Waals surface area contributed by atoms with E-state index in [0.29, 0.717) is 5.69 Å². The van der Waals surface area contributed by atoms with Gasteiger partial charge in [-0.25, -0.2) is 18.1 Å². The number of methoxy groups -OCH3 is 1. The summed E-state index contributed by atoms with van der Waals surface area (Å²) in [5.74, 6) is 0.798. The number of sulfonamides is 1. The third-order valence-corrected chi connectivity index (χ3v) is 7.11. The zero-order chi connectivity index (χ0) is 22.6. The molecule has 0 bridgehead atoms. The number of benzene rings is 1. The van der Waals surface area contributed by atoms with Crippen LogP contribution in [0.25, 0.3) is 0 Å². The van der Waals surface area contributed by atoms with Gasteiger partial charge in [-0.3, -0.25) is 4.79 Å². The van der Waals surface area contributed by atoms with Crippen LogP contribution in [0.5, 0.6) is 5.75 Å². The van der Waals surface area contributed by atoms with Crippen molar-refractivity contribution in [1.82, 2.24) is 9.71 Å². The molecule has 1 fully saturated rings. The topological polar surface area (TPSA) is 101 Å². The second kappa shape index (κ2) is 9.65. The zero-order valence-corrected chi connectivity index (χ0v) is 19.2. The number of carbonyl (C=O) groups excluding carboxylic acids is 1. The molecule has 1 aliphatic carbocycles. The summed E-state index contributed by atoms with van der Waals surface area (Å²) < 4.78 is 34.3. The summed E-state index contributed by atoms with van der Waals surface area (Å²) >= 11 is 0. The summed E-state index contributed by atoms with van der Waals surface area (Å²) in [4.78, 5) is 18.8. The van der Waals surface area contributed by atoms with E-state index in [-0.39, 0.29) is 28.2 Å². The van der Waals surface area contributed by atoms with Crippen molar-refractivity contribution in [1.29, 1.82) is 0 Å². The van der Waals surface area contributed by atoms with Gasteiger partial charge in [0.15, 0.2) is 0 Å². The molecule has 0 saturated heterocycles. The number of amides is 1. The van der Waals surface area contributed by atoms with Gasteiger partial charge in [0.05, 0.1) is 19.0 Å². The molecule has 31 heavy (non-hydrogen) atoms. The number of hydrogen-bond acceptors (Lipinski definition) is 6. The number of pyridine rings is 1. The van der Waals surface area contributed by atoms with Crippen LogP contribution in [0.15, 0.2) is 41.4 Å². The Morgan fingerprint density at radius 1 is 1.16 bits per heavy atom. The van der Waals surface area contributed by atoms with Crippen molar-refractivity contribution in [2.75, 3.05) is 31.4 Å². The largest absolute Gasteiger partial charge is 0.495 e. The highest BCUT2D eigenvalue weighted by Gasteiger charge is 2.29. The Morgan fingerprint density at radius 3 is 2.52 bits per heavy atom. The van der Waals surface area contributed by atoms with Crippen LogP contribution in [0, 0.1) is 5.92 Å². The maximum atomic E-state index is 13.1. The molecule has 2 aromatic rings. The summed E-state index contributed by atoms with van der Waals surface area (Å²) in [5.41, 5.74) is 0.736. The van der Waals surface area contributed by atoms with Crippen LogP contribution in [0.1, 0.15) is 43.0 Å². The molecular weight excluding hydrogens is 416 g/mol. The first kappa shape index (κ1) is 23.0. The second-order valence-corrected chi connectivity index (χ2v) is 9.79. The quantitative estimate of drug-likeness (QED) is 0.677. The molecule has 1 aromatic carbocycles. The van der Waals surface area contributed by atoms with E-state index in [2.05, 4.69) is 21.9 Å². The molecular formula is C22H30N4O4S. The van der Waals surface area contributed by atoms with Crippen molar-refractivity contribution >= 4 is 27.4 Å². The first-order valence-electron chi connectivity index (χ1n) is 10.4. The van der Waals surface area contributed by atoms with Crippen LogP contribution in [0.4, 0.5) is 11.5 Å². The number of carbonyl (C=O) groups is 1. The summed E-state index contributed by atoms with van der Waals surface area (Å²) in [7, 11) is 1.31. The molecule has 1 heterocycles. The Morgan fingerprint density at radius 2 is 1.90 bits per heavy atom. The Balaban J connectivity index is 1.82. The van der Waals surface area contributed by atoms with Gasteiger partial charge in [-0.2, -0.15) is 0 Å². The predicted octanol–water partition coefficient (Wildman–Crippen LogP) is 3.27. The molecule has 0 aliphatic heterocycles. The van der Waals surface area contributed by atoms with Crippen LogP contribution in [0.2, 0.25) is 0 Å². The van der Waals surface area contributed by atoms with E-state index in [4.69, 9.17) is 4.74 Å². The van der Waals surface area contributed by atoms with Crippen LogP contribution in [0.3, 0.4) is 0 Å².